The van der Waals surface area contributed by atoms with Crippen LogP contribution in [0.5, 0.6) is 0 Å². The SMILES string of the molecule is CC(CS(=O)(=O)c1ccc(F)cc1)C(=O)Nc1ccc2c(c1F)CCNC2.Cl. The Kier molecular flexibility index (Phi) is 7.14. The Hall–Kier alpha value is -2.03. The first-order valence-corrected chi connectivity index (χ1v) is 10.2. The lowest BCUT2D eigenvalue weighted by Crippen LogP contribution is -2.28. The number of amides is 1. The fourth-order valence-corrected chi connectivity index (χ4v) is 4.58. The zero-order chi connectivity index (χ0) is 19.6. The zero-order valence-electron chi connectivity index (χ0n) is 15.2. The van der Waals surface area contributed by atoms with Crippen LogP contribution in [0.25, 0.3) is 0 Å². The minimum absolute atomic E-state index is 0. The molecular formula is C19H21ClF2N2O3S. The van der Waals surface area contributed by atoms with Crippen LogP contribution in [-0.4, -0.2) is 26.6 Å². The Balaban J connectivity index is 0.00000280. The fourth-order valence-electron chi connectivity index (χ4n) is 3.03. The lowest BCUT2D eigenvalue weighted by atomic mass is 9.99. The molecule has 2 N–H and O–H groups in total. The number of rotatable bonds is 5. The molecule has 28 heavy (non-hydrogen) atoms. The van der Waals surface area contributed by atoms with E-state index in [0.29, 0.717) is 25.1 Å². The Morgan fingerprint density at radius 3 is 2.54 bits per heavy atom. The highest BCUT2D eigenvalue weighted by molar-refractivity contribution is 7.91. The van der Waals surface area contributed by atoms with Gasteiger partial charge in [0, 0.05) is 12.5 Å². The minimum Gasteiger partial charge on any atom is -0.323 e. The van der Waals surface area contributed by atoms with Crippen LogP contribution in [-0.2, 0) is 27.6 Å². The third-order valence-electron chi connectivity index (χ3n) is 4.56. The summed E-state index contributed by atoms with van der Waals surface area (Å²) in [5.74, 6) is -2.97. The second-order valence-electron chi connectivity index (χ2n) is 6.62. The van der Waals surface area contributed by atoms with E-state index in [2.05, 4.69) is 10.6 Å². The van der Waals surface area contributed by atoms with E-state index in [9.17, 15) is 22.0 Å². The summed E-state index contributed by atoms with van der Waals surface area (Å²) in [5, 5.41) is 5.63. The molecular weight excluding hydrogens is 410 g/mol. The summed E-state index contributed by atoms with van der Waals surface area (Å²) in [6.45, 7) is 2.69. The van der Waals surface area contributed by atoms with E-state index in [4.69, 9.17) is 0 Å². The monoisotopic (exact) mass is 430 g/mol. The van der Waals surface area contributed by atoms with Gasteiger partial charge in [-0.25, -0.2) is 17.2 Å². The van der Waals surface area contributed by atoms with Crippen molar-refractivity contribution < 1.29 is 22.0 Å². The molecule has 2 aromatic carbocycles. The highest BCUT2D eigenvalue weighted by atomic mass is 35.5. The number of anilines is 1. The molecule has 0 aromatic heterocycles. The van der Waals surface area contributed by atoms with Crippen LogP contribution in [0.15, 0.2) is 41.3 Å². The maximum atomic E-state index is 14.6. The van der Waals surface area contributed by atoms with Gasteiger partial charge in [0.2, 0.25) is 5.91 Å². The van der Waals surface area contributed by atoms with Gasteiger partial charge in [0.25, 0.3) is 0 Å². The molecule has 0 aliphatic carbocycles. The lowest BCUT2D eigenvalue weighted by molar-refractivity contribution is -0.118. The van der Waals surface area contributed by atoms with Crippen LogP contribution >= 0.6 is 12.4 Å². The lowest BCUT2D eigenvalue weighted by Gasteiger charge is -2.20. The molecule has 1 atom stereocenters. The number of hydrogen-bond acceptors (Lipinski definition) is 4. The van der Waals surface area contributed by atoms with Gasteiger partial charge in [0.05, 0.1) is 16.3 Å². The Morgan fingerprint density at radius 1 is 1.18 bits per heavy atom. The average Bonchev–Trinajstić information content (AvgIpc) is 2.64. The van der Waals surface area contributed by atoms with Crippen molar-refractivity contribution in [2.75, 3.05) is 17.6 Å². The van der Waals surface area contributed by atoms with E-state index in [1.165, 1.54) is 13.0 Å². The Bertz CT molecular complexity index is 966. The van der Waals surface area contributed by atoms with Gasteiger partial charge in [-0.05, 0) is 54.4 Å². The van der Waals surface area contributed by atoms with Crippen LogP contribution in [0.4, 0.5) is 14.5 Å². The predicted molar refractivity (Wildman–Crippen MR) is 105 cm³/mol. The van der Waals surface area contributed by atoms with Gasteiger partial charge in [-0.2, -0.15) is 0 Å². The number of carbonyl (C=O) groups is 1. The molecule has 0 saturated carbocycles. The Labute approximate surface area is 168 Å². The molecule has 1 amide bonds. The van der Waals surface area contributed by atoms with E-state index in [-0.39, 0.29) is 23.0 Å². The van der Waals surface area contributed by atoms with Crippen LogP contribution < -0.4 is 10.6 Å². The quantitative estimate of drug-likeness (QED) is 0.715. The van der Waals surface area contributed by atoms with E-state index in [1.807, 2.05) is 0 Å². The van der Waals surface area contributed by atoms with Crippen LogP contribution in [0.1, 0.15) is 18.1 Å². The van der Waals surface area contributed by atoms with Gasteiger partial charge in [-0.1, -0.05) is 13.0 Å². The normalized spacial score (nSPS) is 14.5. The number of hydrogen-bond donors (Lipinski definition) is 2. The molecule has 1 unspecified atom stereocenters. The Morgan fingerprint density at radius 2 is 1.86 bits per heavy atom. The number of nitrogens with one attached hydrogen (secondary N) is 2. The number of halogens is 3. The molecule has 0 fully saturated rings. The fraction of sp³-hybridized carbons (Fsp3) is 0.316. The summed E-state index contributed by atoms with van der Waals surface area (Å²) in [5.41, 5.74) is 1.47. The van der Waals surface area contributed by atoms with Gasteiger partial charge >= 0.3 is 0 Å². The van der Waals surface area contributed by atoms with Gasteiger partial charge < -0.3 is 10.6 Å². The predicted octanol–water partition coefficient (Wildman–Crippen LogP) is 3.08. The van der Waals surface area contributed by atoms with E-state index < -0.39 is 39.0 Å². The van der Waals surface area contributed by atoms with E-state index >= 15 is 0 Å². The third-order valence-corrected chi connectivity index (χ3v) is 6.48. The van der Waals surface area contributed by atoms with Crippen LogP contribution in [0.2, 0.25) is 0 Å². The molecule has 0 radical (unpaired) electrons. The summed E-state index contributed by atoms with van der Waals surface area (Å²) in [6.07, 6.45) is 0.527. The molecule has 0 spiro atoms. The first-order chi connectivity index (χ1) is 12.8. The number of sulfone groups is 1. The molecule has 2 aromatic rings. The van der Waals surface area contributed by atoms with Gasteiger partial charge in [0.15, 0.2) is 9.84 Å². The van der Waals surface area contributed by atoms with Crippen molar-refractivity contribution >= 4 is 33.8 Å². The number of fused-ring (bicyclic) bond motifs is 1. The summed E-state index contributed by atoms with van der Waals surface area (Å²) in [4.78, 5) is 12.3. The molecule has 9 heteroatoms. The highest BCUT2D eigenvalue weighted by Crippen LogP contribution is 2.25. The summed E-state index contributed by atoms with van der Waals surface area (Å²) < 4.78 is 52.4. The van der Waals surface area contributed by atoms with Crippen LogP contribution in [0.3, 0.4) is 0 Å². The molecule has 1 heterocycles. The number of benzene rings is 2. The molecule has 0 saturated heterocycles. The number of carbonyl (C=O) groups excluding carboxylic acids is 1. The molecule has 152 valence electrons. The zero-order valence-corrected chi connectivity index (χ0v) is 16.8. The van der Waals surface area contributed by atoms with Gasteiger partial charge in [0.1, 0.15) is 11.6 Å². The first-order valence-electron chi connectivity index (χ1n) is 8.58. The molecule has 1 aliphatic rings. The molecule has 1 aliphatic heterocycles. The van der Waals surface area contributed by atoms with Crippen molar-refractivity contribution in [3.8, 4) is 0 Å². The summed E-state index contributed by atoms with van der Waals surface area (Å²) in [7, 11) is -3.77. The maximum Gasteiger partial charge on any atom is 0.228 e. The van der Waals surface area contributed by atoms with Crippen LogP contribution in [0, 0.1) is 17.6 Å². The van der Waals surface area contributed by atoms with Crippen molar-refractivity contribution in [1.82, 2.24) is 5.32 Å². The average molecular weight is 431 g/mol. The largest absolute Gasteiger partial charge is 0.323 e. The second kappa shape index (κ2) is 8.98. The van der Waals surface area contributed by atoms with Crippen molar-refractivity contribution in [3.63, 3.8) is 0 Å². The minimum atomic E-state index is -3.77. The van der Waals surface area contributed by atoms with Crippen molar-refractivity contribution in [2.45, 2.75) is 24.8 Å². The molecule has 0 bridgehead atoms. The molecule has 3 rings (SSSR count). The first kappa shape index (κ1) is 22.3. The topological polar surface area (TPSA) is 75.3 Å². The van der Waals surface area contributed by atoms with Gasteiger partial charge in [-0.3, -0.25) is 4.79 Å². The summed E-state index contributed by atoms with van der Waals surface area (Å²) in [6, 6.07) is 7.66. The third kappa shape index (κ3) is 4.87. The standard InChI is InChI=1S/C19H20F2N2O3S.ClH/c1-12(11-27(25,26)15-5-3-14(20)4-6-15)19(24)23-17-7-2-13-10-22-9-8-16(13)18(17)21;/h2-7,12,22H,8-11H2,1H3,(H,23,24);1H. The van der Waals surface area contributed by atoms with E-state index in [0.717, 1.165) is 29.8 Å². The smallest absolute Gasteiger partial charge is 0.228 e. The van der Waals surface area contributed by atoms with E-state index in [1.54, 1.807) is 6.07 Å². The van der Waals surface area contributed by atoms with Crippen molar-refractivity contribution in [2.24, 2.45) is 5.92 Å². The highest BCUT2D eigenvalue weighted by Gasteiger charge is 2.25. The second-order valence-corrected chi connectivity index (χ2v) is 8.65. The van der Waals surface area contributed by atoms with Crippen molar-refractivity contribution in [3.05, 3.63) is 59.2 Å². The molecule has 5 nitrogen and oxygen atoms in total. The summed E-state index contributed by atoms with van der Waals surface area (Å²) >= 11 is 0. The van der Waals surface area contributed by atoms with Crippen molar-refractivity contribution in [1.29, 1.82) is 0 Å². The van der Waals surface area contributed by atoms with Gasteiger partial charge in [-0.15, -0.1) is 12.4 Å². The maximum absolute atomic E-state index is 14.6.